The first-order chi connectivity index (χ1) is 19.6. The van der Waals surface area contributed by atoms with Gasteiger partial charge >= 0.3 is 6.61 Å². The van der Waals surface area contributed by atoms with Gasteiger partial charge in [0.15, 0.2) is 5.75 Å². The smallest absolute Gasteiger partial charge is 0.387 e. The van der Waals surface area contributed by atoms with Gasteiger partial charge in [0.2, 0.25) is 5.91 Å². The van der Waals surface area contributed by atoms with Crippen molar-refractivity contribution in [2.45, 2.75) is 13.5 Å². The minimum atomic E-state index is -3.09. The van der Waals surface area contributed by atoms with Crippen LogP contribution in [-0.2, 0) is 11.8 Å². The minimum Gasteiger partial charge on any atom is -0.433 e. The summed E-state index contributed by atoms with van der Waals surface area (Å²) in [5, 5.41) is 11.0. The second-order valence-electron chi connectivity index (χ2n) is 9.22. The van der Waals surface area contributed by atoms with E-state index in [4.69, 9.17) is 4.74 Å². The molecule has 12 heteroatoms. The molecular weight excluding hydrogens is 530 g/mol. The molecule has 0 saturated heterocycles. The molecule has 41 heavy (non-hydrogen) atoms. The van der Waals surface area contributed by atoms with E-state index in [0.29, 0.717) is 30.2 Å². The lowest BCUT2D eigenvalue weighted by Crippen LogP contribution is -2.31. The second kappa shape index (κ2) is 14.2. The van der Waals surface area contributed by atoms with E-state index in [1.54, 1.807) is 31.1 Å². The molecule has 2 aromatic carbocycles. The van der Waals surface area contributed by atoms with Crippen molar-refractivity contribution in [1.29, 1.82) is 0 Å². The Labute approximate surface area is 238 Å². The molecule has 0 bridgehead atoms. The molecule has 0 spiro atoms. The van der Waals surface area contributed by atoms with E-state index in [2.05, 4.69) is 43.9 Å². The Morgan fingerprint density at radius 1 is 1.20 bits per heavy atom. The zero-order chi connectivity index (χ0) is 30.1. The van der Waals surface area contributed by atoms with Gasteiger partial charge in [-0.05, 0) is 44.6 Å². The number of ether oxygens (including phenoxy) is 1. The average Bonchev–Trinajstić information content (AvgIpc) is 3.33. The van der Waals surface area contributed by atoms with E-state index in [1.165, 1.54) is 12.1 Å². The Bertz CT molecular complexity index is 1460. The Morgan fingerprint density at radius 2 is 1.95 bits per heavy atom. The second-order valence-corrected chi connectivity index (χ2v) is 9.22. The maximum Gasteiger partial charge on any atom is 0.387 e. The molecular formula is C29H36F2N8O2. The summed E-state index contributed by atoms with van der Waals surface area (Å²) in [6.07, 6.45) is 4.52. The summed E-state index contributed by atoms with van der Waals surface area (Å²) in [7, 11) is 7.28. The zero-order valence-electron chi connectivity index (χ0n) is 24.0. The number of allylic oxidation sites excluding steroid dienone is 1. The summed E-state index contributed by atoms with van der Waals surface area (Å²) >= 11 is 0. The molecule has 0 aliphatic rings. The van der Waals surface area contributed by atoms with Gasteiger partial charge in [-0.15, -0.1) is 0 Å². The normalized spacial score (nSPS) is 12.1. The highest BCUT2D eigenvalue weighted by Crippen LogP contribution is 2.38. The van der Waals surface area contributed by atoms with Gasteiger partial charge in [0.1, 0.15) is 5.82 Å². The quantitative estimate of drug-likeness (QED) is 0.216. The molecule has 1 heterocycles. The molecule has 0 saturated carbocycles. The molecule has 10 nitrogen and oxygen atoms in total. The van der Waals surface area contributed by atoms with Crippen molar-refractivity contribution in [2.24, 2.45) is 17.0 Å². The van der Waals surface area contributed by atoms with Gasteiger partial charge in [-0.1, -0.05) is 19.6 Å². The fraction of sp³-hybridized carbons (Fsp3) is 0.310. The minimum absolute atomic E-state index is 0.136. The molecule has 218 valence electrons. The third-order valence-corrected chi connectivity index (χ3v) is 6.51. The Kier molecular flexibility index (Phi) is 10.7. The Balaban J connectivity index is 2.03. The molecule has 0 aliphatic carbocycles. The molecule has 1 amide bonds. The molecule has 0 aliphatic heterocycles. The number of aromatic nitrogens is 2. The predicted molar refractivity (Wildman–Crippen MR) is 163 cm³/mol. The van der Waals surface area contributed by atoms with Gasteiger partial charge in [0.25, 0.3) is 0 Å². The van der Waals surface area contributed by atoms with Crippen molar-refractivity contribution < 1.29 is 18.3 Å². The zero-order valence-corrected chi connectivity index (χ0v) is 24.0. The highest BCUT2D eigenvalue weighted by atomic mass is 19.3. The van der Waals surface area contributed by atoms with Gasteiger partial charge in [0.05, 0.1) is 34.5 Å². The summed E-state index contributed by atoms with van der Waals surface area (Å²) < 4.78 is 33.7. The number of amides is 1. The highest BCUT2D eigenvalue weighted by Gasteiger charge is 2.19. The number of hydrogen-bond donors (Lipinski definition) is 2. The fourth-order valence-electron chi connectivity index (χ4n) is 4.05. The van der Waals surface area contributed by atoms with Crippen LogP contribution in [0, 0.1) is 0 Å². The third-order valence-electron chi connectivity index (χ3n) is 6.51. The van der Waals surface area contributed by atoms with Crippen LogP contribution in [0.3, 0.4) is 0 Å². The summed E-state index contributed by atoms with van der Waals surface area (Å²) in [5.41, 5.74) is 3.33. The number of benzene rings is 2. The highest BCUT2D eigenvalue weighted by molar-refractivity contribution is 6.11. The van der Waals surface area contributed by atoms with Crippen LogP contribution in [0.1, 0.15) is 12.5 Å². The van der Waals surface area contributed by atoms with Crippen molar-refractivity contribution in [2.75, 3.05) is 56.3 Å². The number of aryl methyl sites for hydroxylation is 1. The molecule has 3 rings (SSSR count). The van der Waals surface area contributed by atoms with Crippen LogP contribution in [-0.4, -0.2) is 80.4 Å². The van der Waals surface area contributed by atoms with Crippen LogP contribution < -0.4 is 20.3 Å². The van der Waals surface area contributed by atoms with Gasteiger partial charge in [0, 0.05) is 57.3 Å². The van der Waals surface area contributed by atoms with Gasteiger partial charge < -0.3 is 25.2 Å². The van der Waals surface area contributed by atoms with Gasteiger partial charge in [-0.3, -0.25) is 14.5 Å². The van der Waals surface area contributed by atoms with Crippen LogP contribution in [0.5, 0.6) is 5.75 Å². The largest absolute Gasteiger partial charge is 0.433 e. The number of likely N-dealkylation sites (N-methyl/N-ethyl adjacent to an activating group) is 2. The van der Waals surface area contributed by atoms with Crippen molar-refractivity contribution in [1.82, 2.24) is 14.7 Å². The summed E-state index contributed by atoms with van der Waals surface area (Å²) in [4.78, 5) is 24.6. The summed E-state index contributed by atoms with van der Waals surface area (Å²) in [6.45, 7) is 8.22. The van der Waals surface area contributed by atoms with Crippen LogP contribution in [0.4, 0.5) is 25.8 Å². The van der Waals surface area contributed by atoms with Crippen LogP contribution in [0.2, 0.25) is 0 Å². The fourth-order valence-corrected chi connectivity index (χ4v) is 4.05. The number of carbonyl (C=O) groups is 1. The van der Waals surface area contributed by atoms with Crippen molar-refractivity contribution in [3.05, 3.63) is 66.6 Å². The maximum atomic E-state index is 13.5. The first-order valence-electron chi connectivity index (χ1n) is 12.9. The van der Waals surface area contributed by atoms with Gasteiger partial charge in [-0.2, -0.15) is 13.9 Å². The van der Waals surface area contributed by atoms with E-state index in [0.717, 1.165) is 29.1 Å². The molecule has 0 atom stereocenters. The topological polar surface area (TPSA) is 99.4 Å². The monoisotopic (exact) mass is 566 g/mol. The van der Waals surface area contributed by atoms with Crippen molar-refractivity contribution >= 4 is 46.3 Å². The number of hydrogen-bond acceptors (Lipinski definition) is 8. The van der Waals surface area contributed by atoms with E-state index in [-0.39, 0.29) is 17.3 Å². The lowest BCUT2D eigenvalue weighted by Gasteiger charge is -2.26. The number of rotatable bonds is 14. The SMILES string of the molecule is C=CC(=O)Nc1cc(N/C(=C/C(=N\C)c2ccc3c(cnn3C)c2)N=C)c(OC(F)F)cc1N(C)CCN(C)CC. The Morgan fingerprint density at radius 3 is 2.59 bits per heavy atom. The molecule has 0 unspecified atom stereocenters. The Hall–Kier alpha value is -4.58. The predicted octanol–water partition coefficient (Wildman–Crippen LogP) is 4.76. The number of nitrogens with one attached hydrogen (secondary N) is 2. The first kappa shape index (κ1) is 31.0. The van der Waals surface area contributed by atoms with Crippen LogP contribution in [0.25, 0.3) is 10.9 Å². The lowest BCUT2D eigenvalue weighted by atomic mass is 10.1. The lowest BCUT2D eigenvalue weighted by molar-refractivity contribution is -0.111. The molecule has 3 aromatic rings. The van der Waals surface area contributed by atoms with Crippen LogP contribution in [0.15, 0.2) is 71.1 Å². The number of anilines is 3. The molecule has 0 fully saturated rings. The molecule has 0 radical (unpaired) electrons. The third kappa shape index (κ3) is 7.98. The van der Waals surface area contributed by atoms with E-state index >= 15 is 0 Å². The van der Waals surface area contributed by atoms with E-state index in [1.807, 2.05) is 44.1 Å². The number of aliphatic imine (C=N–C) groups is 2. The number of nitrogens with zero attached hydrogens (tertiary/aromatic N) is 6. The number of alkyl halides is 2. The van der Waals surface area contributed by atoms with E-state index in [9.17, 15) is 13.6 Å². The number of carbonyl (C=O) groups excluding carboxylic acids is 1. The van der Waals surface area contributed by atoms with Crippen LogP contribution >= 0.6 is 0 Å². The van der Waals surface area contributed by atoms with Gasteiger partial charge in [-0.25, -0.2) is 4.99 Å². The van der Waals surface area contributed by atoms with Crippen molar-refractivity contribution in [3.63, 3.8) is 0 Å². The summed E-state index contributed by atoms with van der Waals surface area (Å²) in [5.74, 6) is -0.367. The summed E-state index contributed by atoms with van der Waals surface area (Å²) in [6, 6.07) is 8.74. The number of fused-ring (bicyclic) bond motifs is 1. The molecule has 1 aromatic heterocycles. The standard InChI is InChI=1S/C29H36F2N8O2/c1-8-28(40)36-22-15-23(26(41-29(30)31)17-25(22)38(6)13-12-37(5)9-2)35-27(33-4)16-21(32-3)19-10-11-24-20(14-19)18-34-39(24)7/h8,10-11,14-18,29,35H,1,4,9,12-13H2,2-3,5-7H3,(H,36,40)/b27-16+,32-21+. The first-order valence-corrected chi connectivity index (χ1v) is 12.9. The average molecular weight is 567 g/mol. The van der Waals surface area contributed by atoms with Crippen molar-refractivity contribution in [3.8, 4) is 5.75 Å². The maximum absolute atomic E-state index is 13.5. The number of halogens is 2. The van der Waals surface area contributed by atoms with E-state index < -0.39 is 12.5 Å². The molecule has 2 N–H and O–H groups in total.